The van der Waals surface area contributed by atoms with Gasteiger partial charge in [0.1, 0.15) is 11.6 Å². The number of hydrogen-bond acceptors (Lipinski definition) is 3. The summed E-state index contributed by atoms with van der Waals surface area (Å²) < 4.78 is 32.4. The zero-order valence-corrected chi connectivity index (χ0v) is 12.4. The average Bonchev–Trinajstić information content (AvgIpc) is 2.57. The van der Waals surface area contributed by atoms with Crippen molar-refractivity contribution in [2.24, 2.45) is 5.92 Å². The van der Waals surface area contributed by atoms with Gasteiger partial charge in [0.15, 0.2) is 0 Å². The predicted molar refractivity (Wildman–Crippen MR) is 78.7 cm³/mol. The number of halogens is 2. The second-order valence-corrected chi connectivity index (χ2v) is 5.82. The van der Waals surface area contributed by atoms with Gasteiger partial charge in [-0.25, -0.2) is 8.78 Å². The van der Waals surface area contributed by atoms with Crippen molar-refractivity contribution < 1.29 is 18.3 Å². The first-order valence-electron chi connectivity index (χ1n) is 7.71. The molecule has 2 heterocycles. The van der Waals surface area contributed by atoms with Crippen LogP contribution in [0.3, 0.4) is 0 Å². The lowest BCUT2D eigenvalue weighted by atomic mass is 10.0. The topological polar surface area (TPSA) is 32.8 Å². The number of rotatable bonds is 2. The monoisotopic (exact) mass is 310 g/mol. The molecule has 3 rings (SSSR count). The van der Waals surface area contributed by atoms with Crippen LogP contribution in [0, 0.1) is 17.6 Å². The molecule has 0 saturated carbocycles. The van der Waals surface area contributed by atoms with E-state index in [9.17, 15) is 13.6 Å². The first-order chi connectivity index (χ1) is 10.6. The largest absolute Gasteiger partial charge is 0.381 e. The Hall–Kier alpha value is -1.69. The molecule has 120 valence electrons. The van der Waals surface area contributed by atoms with E-state index in [0.29, 0.717) is 32.8 Å². The van der Waals surface area contributed by atoms with E-state index in [4.69, 9.17) is 4.74 Å². The molecular weight excluding hydrogens is 290 g/mol. The van der Waals surface area contributed by atoms with Crippen molar-refractivity contribution in [3.05, 3.63) is 29.8 Å². The Morgan fingerprint density at radius 2 is 1.95 bits per heavy atom. The number of hydrogen-bond donors (Lipinski definition) is 0. The second-order valence-electron chi connectivity index (χ2n) is 5.82. The van der Waals surface area contributed by atoms with E-state index >= 15 is 0 Å². The highest BCUT2D eigenvalue weighted by Gasteiger charge is 2.29. The van der Waals surface area contributed by atoms with Crippen molar-refractivity contribution in [1.29, 1.82) is 0 Å². The molecule has 4 nitrogen and oxygen atoms in total. The first kappa shape index (κ1) is 15.2. The zero-order valence-electron chi connectivity index (χ0n) is 12.4. The molecule has 2 aliphatic rings. The van der Waals surface area contributed by atoms with E-state index in [1.165, 1.54) is 6.07 Å². The van der Waals surface area contributed by atoms with Gasteiger partial charge in [-0.3, -0.25) is 4.79 Å². The molecule has 2 aliphatic heterocycles. The minimum Gasteiger partial charge on any atom is -0.381 e. The van der Waals surface area contributed by atoms with Gasteiger partial charge in [0.05, 0.1) is 18.2 Å². The fourth-order valence-corrected chi connectivity index (χ4v) is 3.09. The summed E-state index contributed by atoms with van der Waals surface area (Å²) in [6.07, 6.45) is 1.79. The Morgan fingerprint density at radius 3 is 2.64 bits per heavy atom. The summed E-state index contributed by atoms with van der Waals surface area (Å²) in [6, 6.07) is 3.46. The summed E-state index contributed by atoms with van der Waals surface area (Å²) in [5.41, 5.74) is 0.271. The second kappa shape index (κ2) is 6.60. The highest BCUT2D eigenvalue weighted by Crippen LogP contribution is 2.23. The third kappa shape index (κ3) is 3.21. The quantitative estimate of drug-likeness (QED) is 0.838. The average molecular weight is 310 g/mol. The van der Waals surface area contributed by atoms with Gasteiger partial charge in [-0.1, -0.05) is 0 Å². The Morgan fingerprint density at radius 1 is 1.18 bits per heavy atom. The highest BCUT2D eigenvalue weighted by atomic mass is 19.1. The molecule has 2 fully saturated rings. The first-order valence-corrected chi connectivity index (χ1v) is 7.71. The maximum Gasteiger partial charge on any atom is 0.228 e. The van der Waals surface area contributed by atoms with Gasteiger partial charge < -0.3 is 14.5 Å². The Kier molecular flexibility index (Phi) is 4.57. The van der Waals surface area contributed by atoms with Gasteiger partial charge in [0, 0.05) is 38.9 Å². The summed E-state index contributed by atoms with van der Waals surface area (Å²) in [4.78, 5) is 16.0. The summed E-state index contributed by atoms with van der Waals surface area (Å²) in [5, 5.41) is 0. The van der Waals surface area contributed by atoms with Crippen LogP contribution in [0.1, 0.15) is 12.8 Å². The molecule has 1 amide bonds. The van der Waals surface area contributed by atoms with Gasteiger partial charge >= 0.3 is 0 Å². The van der Waals surface area contributed by atoms with E-state index in [0.717, 1.165) is 31.6 Å². The molecule has 22 heavy (non-hydrogen) atoms. The summed E-state index contributed by atoms with van der Waals surface area (Å²) in [7, 11) is 0. The maximum absolute atomic E-state index is 13.8. The number of ether oxygens (including phenoxy) is 1. The van der Waals surface area contributed by atoms with Gasteiger partial charge in [-0.15, -0.1) is 0 Å². The number of nitrogens with zero attached hydrogens (tertiary/aromatic N) is 2. The predicted octanol–water partition coefficient (Wildman–Crippen LogP) is 2.04. The van der Waals surface area contributed by atoms with E-state index in [2.05, 4.69) is 0 Å². The molecule has 0 aromatic heterocycles. The molecule has 0 spiro atoms. The van der Waals surface area contributed by atoms with Crippen molar-refractivity contribution in [1.82, 2.24) is 4.90 Å². The standard InChI is InChI=1S/C16H20F2N2O2/c17-13-3-4-14(18)15(10-13)19-5-7-20(8-6-19)16(21)12-2-1-9-22-11-12/h3-4,10,12H,1-2,5-9,11H2. The molecule has 1 aromatic carbocycles. The van der Waals surface area contributed by atoms with Crippen molar-refractivity contribution in [3.8, 4) is 0 Å². The number of carbonyl (C=O) groups is 1. The van der Waals surface area contributed by atoms with E-state index in [1.54, 1.807) is 4.90 Å². The van der Waals surface area contributed by atoms with Crippen molar-refractivity contribution >= 4 is 11.6 Å². The summed E-state index contributed by atoms with van der Waals surface area (Å²) in [5.74, 6) is -0.804. The molecule has 0 bridgehead atoms. The number of anilines is 1. The van der Waals surface area contributed by atoms with Crippen molar-refractivity contribution in [2.75, 3.05) is 44.3 Å². The fourth-order valence-electron chi connectivity index (χ4n) is 3.09. The van der Waals surface area contributed by atoms with Crippen LogP contribution in [0.2, 0.25) is 0 Å². The lowest BCUT2D eigenvalue weighted by molar-refractivity contribution is -0.140. The number of benzene rings is 1. The number of carbonyl (C=O) groups excluding carboxylic acids is 1. The summed E-state index contributed by atoms with van der Waals surface area (Å²) in [6.45, 7) is 3.32. The van der Waals surface area contributed by atoms with Crippen LogP contribution in [-0.4, -0.2) is 50.2 Å². The smallest absolute Gasteiger partial charge is 0.228 e. The Bertz CT molecular complexity index is 539. The van der Waals surface area contributed by atoms with E-state index in [-0.39, 0.29) is 17.5 Å². The lowest BCUT2D eigenvalue weighted by Crippen LogP contribution is -2.51. The van der Waals surface area contributed by atoms with Crippen LogP contribution in [0.15, 0.2) is 18.2 Å². The fraction of sp³-hybridized carbons (Fsp3) is 0.562. The van der Waals surface area contributed by atoms with Gasteiger partial charge in [0.25, 0.3) is 0 Å². The van der Waals surface area contributed by atoms with Gasteiger partial charge in [-0.05, 0) is 25.0 Å². The third-order valence-electron chi connectivity index (χ3n) is 4.35. The van der Waals surface area contributed by atoms with Crippen LogP contribution in [-0.2, 0) is 9.53 Å². The van der Waals surface area contributed by atoms with E-state index in [1.807, 2.05) is 4.90 Å². The molecule has 2 saturated heterocycles. The van der Waals surface area contributed by atoms with Gasteiger partial charge in [-0.2, -0.15) is 0 Å². The lowest BCUT2D eigenvalue weighted by Gasteiger charge is -2.38. The molecule has 1 atom stereocenters. The van der Waals surface area contributed by atoms with Crippen LogP contribution in [0.25, 0.3) is 0 Å². The number of piperazine rings is 1. The molecule has 0 aliphatic carbocycles. The minimum atomic E-state index is -0.450. The van der Waals surface area contributed by atoms with Crippen molar-refractivity contribution in [2.45, 2.75) is 12.8 Å². The normalized spacial score (nSPS) is 22.7. The molecule has 0 N–H and O–H groups in total. The van der Waals surface area contributed by atoms with Crippen molar-refractivity contribution in [3.63, 3.8) is 0 Å². The highest BCUT2D eigenvalue weighted by molar-refractivity contribution is 5.79. The molecule has 1 aromatic rings. The molecule has 6 heteroatoms. The third-order valence-corrected chi connectivity index (χ3v) is 4.35. The molecular formula is C16H20F2N2O2. The Labute approximate surface area is 128 Å². The molecule has 0 radical (unpaired) electrons. The van der Waals surface area contributed by atoms with Crippen LogP contribution >= 0.6 is 0 Å². The van der Waals surface area contributed by atoms with Crippen LogP contribution < -0.4 is 4.90 Å². The summed E-state index contributed by atoms with van der Waals surface area (Å²) >= 11 is 0. The molecule has 1 unspecified atom stereocenters. The SMILES string of the molecule is O=C(C1CCCOC1)N1CCN(c2cc(F)ccc2F)CC1. The van der Waals surface area contributed by atoms with Crippen LogP contribution in [0.4, 0.5) is 14.5 Å². The minimum absolute atomic E-state index is 0.0498. The maximum atomic E-state index is 13.8. The van der Waals surface area contributed by atoms with Gasteiger partial charge in [0.2, 0.25) is 5.91 Å². The Balaban J connectivity index is 1.60. The zero-order chi connectivity index (χ0) is 15.5. The van der Waals surface area contributed by atoms with Crippen LogP contribution in [0.5, 0.6) is 0 Å². The van der Waals surface area contributed by atoms with E-state index < -0.39 is 11.6 Å². The number of amides is 1.